The minimum absolute atomic E-state index is 0. The fraction of sp³-hybridized carbons (Fsp3) is 0.267. The molecule has 0 aliphatic rings. The summed E-state index contributed by atoms with van der Waals surface area (Å²) < 4.78 is 1.30. The Morgan fingerprint density at radius 1 is 1.10 bits per heavy atom. The van der Waals surface area contributed by atoms with E-state index in [1.807, 2.05) is 57.2 Å². The molecule has 0 fully saturated rings. The van der Waals surface area contributed by atoms with E-state index >= 15 is 0 Å². The Labute approximate surface area is 130 Å². The molecule has 0 atom stereocenters. The minimum atomic E-state index is -0.339. The number of hydrogen-bond donors (Lipinski definition) is 1. The van der Waals surface area contributed by atoms with Crippen molar-refractivity contribution in [2.75, 3.05) is 0 Å². The first kappa shape index (κ1) is 16.8. The summed E-state index contributed by atoms with van der Waals surface area (Å²) >= 11 is 6.02. The second-order valence-corrected chi connectivity index (χ2v) is 5.79. The lowest BCUT2D eigenvalue weighted by Gasteiger charge is -2.28. The van der Waals surface area contributed by atoms with E-state index in [2.05, 4.69) is 5.43 Å². The maximum atomic E-state index is 12.1. The van der Waals surface area contributed by atoms with Crippen LogP contribution in [0, 0.1) is 0 Å². The number of nitrogens with zero attached hydrogens (tertiary/aromatic N) is 1. The van der Waals surface area contributed by atoms with Gasteiger partial charge in [-0.05, 0) is 43.7 Å². The Bertz CT molecular complexity index is 608. The van der Waals surface area contributed by atoms with Crippen molar-refractivity contribution in [1.29, 1.82) is 0 Å². The molecule has 2 aromatic carbocycles. The highest BCUT2D eigenvalue weighted by atomic mass is 35.5. The number of hydrogen-bond acceptors (Lipinski definition) is 2. The standard InChI is InChI=1S/C15H17ClN2O.ClH/c1-15(2,3)18(16)17-14(19)13-9-8-11-6-4-5-7-12(11)10-13;/h4-10H,1-3H3,(H,17,19);1H. The first-order valence-corrected chi connectivity index (χ1v) is 6.47. The number of rotatable bonds is 2. The molecule has 0 aliphatic heterocycles. The van der Waals surface area contributed by atoms with Crippen molar-refractivity contribution in [3.63, 3.8) is 0 Å². The number of amides is 1. The second kappa shape index (κ2) is 6.44. The number of carbonyl (C=O) groups excluding carboxylic acids is 1. The largest absolute Gasteiger partial charge is 0.270 e. The summed E-state index contributed by atoms with van der Waals surface area (Å²) in [6.07, 6.45) is 0. The van der Waals surface area contributed by atoms with Crippen LogP contribution in [0.15, 0.2) is 42.5 Å². The fourth-order valence-electron chi connectivity index (χ4n) is 1.65. The third-order valence-corrected chi connectivity index (χ3v) is 3.39. The molecule has 3 nitrogen and oxygen atoms in total. The van der Waals surface area contributed by atoms with Gasteiger partial charge in [0.15, 0.2) is 0 Å². The van der Waals surface area contributed by atoms with Gasteiger partial charge in [0.25, 0.3) is 5.91 Å². The molecule has 1 N–H and O–H groups in total. The molecule has 5 heteroatoms. The van der Waals surface area contributed by atoms with E-state index in [0.717, 1.165) is 10.8 Å². The molecule has 0 saturated heterocycles. The van der Waals surface area contributed by atoms with Crippen molar-refractivity contribution in [3.05, 3.63) is 48.0 Å². The summed E-state index contributed by atoms with van der Waals surface area (Å²) in [5, 5.41) is 2.14. The Kier molecular flexibility index (Phi) is 5.40. The summed E-state index contributed by atoms with van der Waals surface area (Å²) in [7, 11) is 0. The van der Waals surface area contributed by atoms with Gasteiger partial charge in [-0.25, -0.2) is 0 Å². The molecule has 2 rings (SSSR count). The van der Waals surface area contributed by atoms with Gasteiger partial charge in [-0.2, -0.15) is 0 Å². The highest BCUT2D eigenvalue weighted by Crippen LogP contribution is 2.17. The van der Waals surface area contributed by atoms with E-state index < -0.39 is 0 Å². The normalized spacial score (nSPS) is 11.2. The highest BCUT2D eigenvalue weighted by molar-refractivity contribution is 6.14. The fourth-order valence-corrected chi connectivity index (χ4v) is 1.73. The molecule has 0 unspecified atom stereocenters. The molecular weight excluding hydrogens is 295 g/mol. The Balaban J connectivity index is 0.00000200. The molecule has 20 heavy (non-hydrogen) atoms. The maximum absolute atomic E-state index is 12.1. The van der Waals surface area contributed by atoms with Gasteiger partial charge in [0.05, 0.1) is 0 Å². The van der Waals surface area contributed by atoms with Crippen molar-refractivity contribution in [1.82, 2.24) is 9.95 Å². The van der Waals surface area contributed by atoms with Crippen molar-refractivity contribution < 1.29 is 4.79 Å². The lowest BCUT2D eigenvalue weighted by molar-refractivity contribution is 0.0806. The van der Waals surface area contributed by atoms with Crippen molar-refractivity contribution in [2.45, 2.75) is 26.3 Å². The Morgan fingerprint density at radius 3 is 2.30 bits per heavy atom. The predicted octanol–water partition coefficient (Wildman–Crippen LogP) is 4.16. The number of carbonyl (C=O) groups is 1. The highest BCUT2D eigenvalue weighted by Gasteiger charge is 2.21. The average Bonchev–Trinajstić information content (AvgIpc) is 2.37. The third-order valence-electron chi connectivity index (χ3n) is 2.80. The van der Waals surface area contributed by atoms with E-state index in [4.69, 9.17) is 11.8 Å². The van der Waals surface area contributed by atoms with Crippen molar-refractivity contribution >= 4 is 40.9 Å². The molecule has 0 radical (unpaired) electrons. The van der Waals surface area contributed by atoms with Crippen LogP contribution in [0.2, 0.25) is 0 Å². The topological polar surface area (TPSA) is 32.3 Å². The summed E-state index contributed by atoms with van der Waals surface area (Å²) in [4.78, 5) is 12.1. The predicted molar refractivity (Wildman–Crippen MR) is 86.1 cm³/mol. The SMILES string of the molecule is CC(C)(C)N(Cl)NC(=O)c1ccc2ccccc2c1.Cl. The quantitative estimate of drug-likeness (QED) is 0.667. The molecule has 0 aliphatic carbocycles. The van der Waals surface area contributed by atoms with Crippen molar-refractivity contribution in [3.8, 4) is 0 Å². The summed E-state index contributed by atoms with van der Waals surface area (Å²) in [6.45, 7) is 5.75. The molecule has 0 saturated carbocycles. The van der Waals surface area contributed by atoms with Crippen LogP contribution in [0.25, 0.3) is 10.8 Å². The van der Waals surface area contributed by atoms with Gasteiger partial charge >= 0.3 is 0 Å². The van der Waals surface area contributed by atoms with E-state index in [1.54, 1.807) is 6.07 Å². The van der Waals surface area contributed by atoms with Crippen LogP contribution in [0.3, 0.4) is 0 Å². The molecule has 0 spiro atoms. The average molecular weight is 313 g/mol. The molecule has 0 bridgehead atoms. The van der Waals surface area contributed by atoms with Gasteiger partial charge in [0.1, 0.15) is 0 Å². The van der Waals surface area contributed by atoms with Crippen LogP contribution in [0.4, 0.5) is 0 Å². The first-order valence-electron chi connectivity index (χ1n) is 6.14. The number of fused-ring (bicyclic) bond motifs is 1. The summed E-state index contributed by atoms with van der Waals surface area (Å²) in [6, 6.07) is 13.5. The maximum Gasteiger partial charge on any atom is 0.266 e. The number of benzene rings is 2. The van der Waals surface area contributed by atoms with E-state index in [0.29, 0.717) is 5.56 Å². The van der Waals surface area contributed by atoms with E-state index in [9.17, 15) is 4.79 Å². The third kappa shape index (κ3) is 3.85. The summed E-state index contributed by atoms with van der Waals surface area (Å²) in [5.41, 5.74) is 2.91. The Hall–Kier alpha value is -1.29. The first-order chi connectivity index (χ1) is 8.88. The molecule has 2 aromatic rings. The zero-order valence-corrected chi connectivity index (χ0v) is 13.3. The van der Waals surface area contributed by atoms with E-state index in [1.165, 1.54) is 4.53 Å². The van der Waals surface area contributed by atoms with Crippen LogP contribution in [-0.4, -0.2) is 16.0 Å². The van der Waals surface area contributed by atoms with Crippen molar-refractivity contribution in [2.24, 2.45) is 0 Å². The lowest BCUT2D eigenvalue weighted by Crippen LogP contribution is -2.46. The lowest BCUT2D eigenvalue weighted by atomic mass is 10.1. The number of hydrazine groups is 1. The molecule has 0 heterocycles. The zero-order valence-electron chi connectivity index (χ0n) is 11.7. The molecule has 108 valence electrons. The number of halogens is 2. The van der Waals surface area contributed by atoms with Crippen LogP contribution >= 0.6 is 24.2 Å². The number of nitrogens with one attached hydrogen (secondary N) is 1. The van der Waals surface area contributed by atoms with Crippen LogP contribution < -0.4 is 5.43 Å². The monoisotopic (exact) mass is 312 g/mol. The summed E-state index contributed by atoms with van der Waals surface area (Å²) in [5.74, 6) is -0.212. The second-order valence-electron chi connectivity index (χ2n) is 5.45. The molecule has 0 aromatic heterocycles. The van der Waals surface area contributed by atoms with Gasteiger partial charge in [-0.1, -0.05) is 30.3 Å². The van der Waals surface area contributed by atoms with Gasteiger partial charge in [0.2, 0.25) is 0 Å². The van der Waals surface area contributed by atoms with E-state index in [-0.39, 0.29) is 23.9 Å². The smallest absolute Gasteiger partial charge is 0.266 e. The molecular formula is C15H18Cl2N2O. The van der Waals surface area contributed by atoms with Gasteiger partial charge in [-0.15, -0.1) is 16.9 Å². The van der Waals surface area contributed by atoms with Crippen LogP contribution in [0.5, 0.6) is 0 Å². The zero-order chi connectivity index (χ0) is 14.0. The Morgan fingerprint density at radius 2 is 1.70 bits per heavy atom. The van der Waals surface area contributed by atoms with Gasteiger partial charge < -0.3 is 0 Å². The molecule has 1 amide bonds. The minimum Gasteiger partial charge on any atom is -0.270 e. The van der Waals surface area contributed by atoms with Crippen LogP contribution in [0.1, 0.15) is 31.1 Å². The van der Waals surface area contributed by atoms with Gasteiger partial charge in [0, 0.05) is 22.9 Å². The van der Waals surface area contributed by atoms with Crippen LogP contribution in [-0.2, 0) is 0 Å². The van der Waals surface area contributed by atoms with Gasteiger partial charge in [-0.3, -0.25) is 10.2 Å².